The smallest absolute Gasteiger partial charge is 0.373 e. The number of aryl methyl sites for hydroxylation is 1. The van der Waals surface area contributed by atoms with Crippen molar-refractivity contribution in [1.29, 1.82) is 0 Å². The number of hydrogen-bond donors (Lipinski definition) is 2. The molecule has 2 aromatic carbocycles. The molecule has 1 aliphatic rings. The second-order valence-electron chi connectivity index (χ2n) is 8.32. The number of nitrogens with one attached hydrogen (secondary N) is 2. The Labute approximate surface area is 228 Å². The summed E-state index contributed by atoms with van der Waals surface area (Å²) in [6, 6.07) is 12.4. The number of carbonyl (C=O) groups excluding carboxylic acids is 4. The molecule has 4 amide bonds. The van der Waals surface area contributed by atoms with Crippen molar-refractivity contribution in [3.05, 3.63) is 81.9 Å². The summed E-state index contributed by atoms with van der Waals surface area (Å²) >= 11 is 6.24. The van der Waals surface area contributed by atoms with Gasteiger partial charge in [0.2, 0.25) is 5.76 Å². The number of imide groups is 1. The van der Waals surface area contributed by atoms with Gasteiger partial charge in [-0.05, 0) is 42.8 Å². The maximum absolute atomic E-state index is 13.0. The third-order valence-electron chi connectivity index (χ3n) is 5.66. The highest BCUT2D eigenvalue weighted by Crippen LogP contribution is 2.36. The van der Waals surface area contributed by atoms with Crippen LogP contribution < -0.4 is 20.1 Å². The molecule has 2 heterocycles. The van der Waals surface area contributed by atoms with Gasteiger partial charge >= 0.3 is 12.0 Å². The fourth-order valence-electron chi connectivity index (χ4n) is 3.74. The molecule has 4 rings (SSSR count). The molecule has 1 aromatic heterocycles. The zero-order valence-corrected chi connectivity index (χ0v) is 22.0. The van der Waals surface area contributed by atoms with Gasteiger partial charge in [0, 0.05) is 22.3 Å². The number of furan rings is 1. The maximum atomic E-state index is 13.0. The number of urea groups is 1. The average Bonchev–Trinajstić information content (AvgIpc) is 3.49. The monoisotopic (exact) mass is 553 g/mol. The van der Waals surface area contributed by atoms with Crippen molar-refractivity contribution < 1.29 is 37.8 Å². The van der Waals surface area contributed by atoms with Crippen LogP contribution in [0.3, 0.4) is 0 Å². The Hall–Kier alpha value is -4.77. The lowest BCUT2D eigenvalue weighted by molar-refractivity contribution is -0.123. The summed E-state index contributed by atoms with van der Waals surface area (Å²) in [5.41, 5.74) is 1.75. The van der Waals surface area contributed by atoms with Gasteiger partial charge in [-0.3, -0.25) is 14.5 Å². The molecule has 202 valence electrons. The SMILES string of the molecule is COC(=O)c1ccc(CN2C(=O)N/C(=C\c3cc(Cl)cc(OC)c3OCC(=O)Nc3ccccc3C)C2=O)o1. The molecular weight excluding hydrogens is 530 g/mol. The van der Waals surface area contributed by atoms with E-state index in [9.17, 15) is 19.2 Å². The lowest BCUT2D eigenvalue weighted by atomic mass is 10.1. The summed E-state index contributed by atoms with van der Waals surface area (Å²) in [5.74, 6) is -1.25. The third-order valence-corrected chi connectivity index (χ3v) is 5.88. The van der Waals surface area contributed by atoms with E-state index >= 15 is 0 Å². The molecule has 0 spiro atoms. The third kappa shape index (κ3) is 6.21. The second kappa shape index (κ2) is 11.7. The van der Waals surface area contributed by atoms with Gasteiger partial charge in [0.05, 0.1) is 20.8 Å². The molecule has 1 saturated heterocycles. The Morgan fingerprint density at radius 1 is 1.13 bits per heavy atom. The van der Waals surface area contributed by atoms with E-state index in [1.165, 1.54) is 44.6 Å². The van der Waals surface area contributed by atoms with Crippen LogP contribution in [0.15, 0.2) is 58.6 Å². The minimum atomic E-state index is -0.698. The van der Waals surface area contributed by atoms with Gasteiger partial charge in [-0.2, -0.15) is 0 Å². The minimum Gasteiger partial charge on any atom is -0.493 e. The number of anilines is 1. The Morgan fingerprint density at radius 3 is 2.62 bits per heavy atom. The molecule has 1 aliphatic heterocycles. The number of nitrogens with zero attached hydrogens (tertiary/aromatic N) is 1. The van der Waals surface area contributed by atoms with Gasteiger partial charge < -0.3 is 29.3 Å². The second-order valence-corrected chi connectivity index (χ2v) is 8.75. The maximum Gasteiger partial charge on any atom is 0.373 e. The van der Waals surface area contributed by atoms with Crippen molar-refractivity contribution in [3.63, 3.8) is 0 Å². The van der Waals surface area contributed by atoms with Crippen LogP contribution in [0.2, 0.25) is 5.02 Å². The Morgan fingerprint density at radius 2 is 1.90 bits per heavy atom. The summed E-state index contributed by atoms with van der Waals surface area (Å²) in [7, 11) is 2.61. The molecule has 0 atom stereocenters. The van der Waals surface area contributed by atoms with Gasteiger partial charge in [0.25, 0.3) is 11.8 Å². The van der Waals surface area contributed by atoms with E-state index in [0.29, 0.717) is 11.3 Å². The highest BCUT2D eigenvalue weighted by molar-refractivity contribution is 6.31. The molecule has 2 N–H and O–H groups in total. The van der Waals surface area contributed by atoms with Crippen LogP contribution in [0.1, 0.15) is 27.4 Å². The van der Waals surface area contributed by atoms with E-state index in [1.54, 1.807) is 12.1 Å². The molecular formula is C27H24ClN3O8. The number of rotatable bonds is 9. The van der Waals surface area contributed by atoms with Crippen molar-refractivity contribution >= 4 is 47.2 Å². The lowest BCUT2D eigenvalue weighted by Gasteiger charge is -2.15. The van der Waals surface area contributed by atoms with E-state index < -0.39 is 23.8 Å². The highest BCUT2D eigenvalue weighted by atomic mass is 35.5. The molecule has 0 unspecified atom stereocenters. The zero-order valence-electron chi connectivity index (χ0n) is 21.2. The first-order chi connectivity index (χ1) is 18.7. The van der Waals surface area contributed by atoms with E-state index in [0.717, 1.165) is 10.5 Å². The molecule has 3 aromatic rings. The van der Waals surface area contributed by atoms with Crippen molar-refractivity contribution in [2.75, 3.05) is 26.1 Å². The lowest BCUT2D eigenvalue weighted by Crippen LogP contribution is -2.30. The fourth-order valence-corrected chi connectivity index (χ4v) is 3.96. The highest BCUT2D eigenvalue weighted by Gasteiger charge is 2.35. The zero-order chi connectivity index (χ0) is 28.1. The summed E-state index contributed by atoms with van der Waals surface area (Å²) in [6.45, 7) is 1.28. The molecule has 1 fully saturated rings. The van der Waals surface area contributed by atoms with Crippen LogP contribution in [0.4, 0.5) is 10.5 Å². The van der Waals surface area contributed by atoms with Crippen LogP contribution in [-0.4, -0.2) is 49.5 Å². The number of benzene rings is 2. The molecule has 0 aliphatic carbocycles. The minimum absolute atomic E-state index is 0.0606. The van der Waals surface area contributed by atoms with Gasteiger partial charge in [0.15, 0.2) is 18.1 Å². The Kier molecular flexibility index (Phi) is 8.21. The number of para-hydroxylation sites is 1. The van der Waals surface area contributed by atoms with Crippen molar-refractivity contribution in [2.24, 2.45) is 0 Å². The molecule has 11 nitrogen and oxygen atoms in total. The van der Waals surface area contributed by atoms with E-state index in [4.69, 9.17) is 25.5 Å². The molecule has 0 radical (unpaired) electrons. The first-order valence-electron chi connectivity index (χ1n) is 11.6. The van der Waals surface area contributed by atoms with Gasteiger partial charge in [0.1, 0.15) is 11.5 Å². The van der Waals surface area contributed by atoms with Crippen molar-refractivity contribution in [2.45, 2.75) is 13.5 Å². The predicted octanol–water partition coefficient (Wildman–Crippen LogP) is 4.15. The summed E-state index contributed by atoms with van der Waals surface area (Å²) < 4.78 is 21.1. The van der Waals surface area contributed by atoms with Crippen LogP contribution in [-0.2, 0) is 20.9 Å². The van der Waals surface area contributed by atoms with Crippen molar-refractivity contribution in [1.82, 2.24) is 10.2 Å². The van der Waals surface area contributed by atoms with E-state index in [-0.39, 0.29) is 46.9 Å². The summed E-state index contributed by atoms with van der Waals surface area (Å²) in [5, 5.41) is 5.55. The van der Waals surface area contributed by atoms with Crippen LogP contribution >= 0.6 is 11.6 Å². The van der Waals surface area contributed by atoms with E-state index in [2.05, 4.69) is 15.4 Å². The Bertz CT molecular complexity index is 1480. The predicted molar refractivity (Wildman–Crippen MR) is 140 cm³/mol. The van der Waals surface area contributed by atoms with Gasteiger partial charge in [-0.25, -0.2) is 9.59 Å². The molecule has 0 saturated carbocycles. The quantitative estimate of drug-likeness (QED) is 0.229. The first-order valence-corrected chi connectivity index (χ1v) is 11.9. The molecule has 0 bridgehead atoms. The summed E-state index contributed by atoms with van der Waals surface area (Å²) in [4.78, 5) is 50.7. The number of carbonyl (C=O) groups is 4. The molecule has 12 heteroatoms. The Balaban J connectivity index is 1.54. The van der Waals surface area contributed by atoms with Gasteiger partial charge in [-0.15, -0.1) is 0 Å². The normalized spacial score (nSPS) is 13.8. The summed E-state index contributed by atoms with van der Waals surface area (Å²) in [6.07, 6.45) is 1.37. The number of methoxy groups -OCH3 is 2. The van der Waals surface area contributed by atoms with Gasteiger partial charge in [-0.1, -0.05) is 29.8 Å². The van der Waals surface area contributed by atoms with Crippen LogP contribution in [0.25, 0.3) is 6.08 Å². The number of amides is 4. The van der Waals surface area contributed by atoms with E-state index in [1.807, 2.05) is 19.1 Å². The fraction of sp³-hybridized carbons (Fsp3) is 0.185. The standard InChI is InChI=1S/C27H24ClN3O8/c1-15-6-4-5-7-19(15)29-23(32)14-38-24-16(10-17(28)12-22(24)36-2)11-20-25(33)31(27(35)30-20)13-18-8-9-21(39-18)26(34)37-3/h4-12H,13-14H2,1-3H3,(H,29,32)(H,30,35)/b20-11-. The van der Waals surface area contributed by atoms with Crippen LogP contribution in [0.5, 0.6) is 11.5 Å². The molecule has 39 heavy (non-hydrogen) atoms. The number of ether oxygens (including phenoxy) is 3. The van der Waals surface area contributed by atoms with Crippen LogP contribution in [0, 0.1) is 6.92 Å². The first kappa shape index (κ1) is 27.3. The van der Waals surface area contributed by atoms with Crippen molar-refractivity contribution in [3.8, 4) is 11.5 Å². The number of hydrogen-bond acceptors (Lipinski definition) is 8. The average molecular weight is 554 g/mol. The number of halogens is 1. The number of esters is 1. The topological polar surface area (TPSA) is 136 Å². The largest absolute Gasteiger partial charge is 0.493 e.